The third-order valence-electron chi connectivity index (χ3n) is 1.89. The Bertz CT molecular complexity index is 334. The molecular weight excluding hydrogens is 204 g/mol. The van der Waals surface area contributed by atoms with Crippen molar-refractivity contribution in [3.05, 3.63) is 6.33 Å². The zero-order valence-electron chi connectivity index (χ0n) is 8.41. The van der Waals surface area contributed by atoms with Gasteiger partial charge in [-0.3, -0.25) is 10.1 Å². The number of carbonyl (C=O) groups excluding carboxylic acids is 1. The first-order chi connectivity index (χ1) is 6.47. The Kier molecular flexibility index (Phi) is 3.10. The highest BCUT2D eigenvalue weighted by Crippen LogP contribution is 2.18. The van der Waals surface area contributed by atoms with Gasteiger partial charge >= 0.3 is 0 Å². The monoisotopic (exact) mass is 216 g/mol. The third-order valence-corrected chi connectivity index (χ3v) is 2.55. The maximum absolute atomic E-state index is 11.6. The molecule has 6 heteroatoms. The van der Waals surface area contributed by atoms with Crippen molar-refractivity contribution < 1.29 is 4.79 Å². The van der Waals surface area contributed by atoms with Crippen LogP contribution < -0.4 is 5.32 Å². The van der Waals surface area contributed by atoms with Gasteiger partial charge in [0.25, 0.3) is 0 Å². The fourth-order valence-electron chi connectivity index (χ4n) is 0.728. The van der Waals surface area contributed by atoms with E-state index in [0.29, 0.717) is 5.95 Å². The number of nitrogens with zero attached hydrogens (tertiary/aromatic N) is 3. The molecule has 0 fully saturated rings. The molecule has 1 rings (SSSR count). The maximum atomic E-state index is 11.6. The molecule has 0 aliphatic rings. The van der Waals surface area contributed by atoms with Gasteiger partial charge in [-0.25, -0.2) is 0 Å². The van der Waals surface area contributed by atoms with E-state index in [1.807, 2.05) is 0 Å². The number of amides is 1. The number of hydrogen-bond acceptors (Lipinski definition) is 3. The first-order valence-corrected chi connectivity index (χ1v) is 4.72. The third kappa shape index (κ3) is 2.23. The van der Waals surface area contributed by atoms with Gasteiger partial charge in [-0.15, -0.1) is 21.8 Å². The second-order valence-corrected chi connectivity index (χ2v) is 4.00. The van der Waals surface area contributed by atoms with Gasteiger partial charge in [0.15, 0.2) is 0 Å². The minimum absolute atomic E-state index is 0.163. The Morgan fingerprint density at radius 2 is 2.36 bits per heavy atom. The van der Waals surface area contributed by atoms with Crippen molar-refractivity contribution in [2.24, 2.45) is 12.5 Å². The van der Waals surface area contributed by atoms with E-state index >= 15 is 0 Å². The molecule has 0 aliphatic carbocycles. The van der Waals surface area contributed by atoms with E-state index in [1.165, 1.54) is 6.33 Å². The topological polar surface area (TPSA) is 59.8 Å². The number of rotatable bonds is 3. The molecule has 0 unspecified atom stereocenters. The number of alkyl halides is 1. The summed E-state index contributed by atoms with van der Waals surface area (Å²) in [6, 6.07) is 0. The second kappa shape index (κ2) is 3.96. The summed E-state index contributed by atoms with van der Waals surface area (Å²) in [4.78, 5) is 11.6. The Labute approximate surface area is 87.5 Å². The average Bonchev–Trinajstić information content (AvgIpc) is 2.52. The number of aromatic nitrogens is 3. The van der Waals surface area contributed by atoms with Gasteiger partial charge in [0.05, 0.1) is 5.41 Å². The van der Waals surface area contributed by atoms with Gasteiger partial charge in [0.2, 0.25) is 11.9 Å². The molecule has 5 nitrogen and oxygen atoms in total. The fourth-order valence-corrected chi connectivity index (χ4v) is 0.849. The van der Waals surface area contributed by atoms with Crippen LogP contribution in [0.4, 0.5) is 5.95 Å². The standard InChI is InChI=1S/C8H13ClN4O/c1-8(2,4-9)6(14)11-7-12-10-5-13(7)3/h5H,4H2,1-3H3,(H,11,12,14). The van der Waals surface area contributed by atoms with Crippen LogP contribution in [0.3, 0.4) is 0 Å². The van der Waals surface area contributed by atoms with Gasteiger partial charge in [0.1, 0.15) is 6.33 Å². The highest BCUT2D eigenvalue weighted by molar-refractivity contribution is 6.20. The lowest BCUT2D eigenvalue weighted by atomic mass is 9.95. The van der Waals surface area contributed by atoms with Gasteiger partial charge < -0.3 is 4.57 Å². The number of nitrogens with one attached hydrogen (secondary N) is 1. The number of hydrogen-bond donors (Lipinski definition) is 1. The van der Waals surface area contributed by atoms with Gasteiger partial charge in [-0.1, -0.05) is 0 Å². The smallest absolute Gasteiger partial charge is 0.233 e. The molecule has 0 bridgehead atoms. The molecule has 14 heavy (non-hydrogen) atoms. The van der Waals surface area contributed by atoms with Gasteiger partial charge in [-0.05, 0) is 13.8 Å². The van der Waals surface area contributed by atoms with Crippen LogP contribution in [0, 0.1) is 5.41 Å². The van der Waals surface area contributed by atoms with Crippen molar-refractivity contribution >= 4 is 23.5 Å². The molecule has 0 saturated heterocycles. The highest BCUT2D eigenvalue weighted by atomic mass is 35.5. The van der Waals surface area contributed by atoms with Crippen LogP contribution in [0.2, 0.25) is 0 Å². The van der Waals surface area contributed by atoms with Gasteiger partial charge in [-0.2, -0.15) is 0 Å². The second-order valence-electron chi connectivity index (χ2n) is 3.74. The number of halogens is 1. The number of aryl methyl sites for hydroxylation is 1. The molecule has 1 aromatic rings. The summed E-state index contributed by atoms with van der Waals surface area (Å²) >= 11 is 5.66. The van der Waals surface area contributed by atoms with Crippen molar-refractivity contribution in [2.45, 2.75) is 13.8 Å². The maximum Gasteiger partial charge on any atom is 0.233 e. The summed E-state index contributed by atoms with van der Waals surface area (Å²) < 4.78 is 1.63. The van der Waals surface area contributed by atoms with Crippen LogP contribution in [0.25, 0.3) is 0 Å². The summed E-state index contributed by atoms with van der Waals surface area (Å²) in [6.45, 7) is 3.54. The van der Waals surface area contributed by atoms with Crippen LogP contribution >= 0.6 is 11.6 Å². The van der Waals surface area contributed by atoms with Crippen LogP contribution in [0.15, 0.2) is 6.33 Å². The Hall–Kier alpha value is -1.10. The van der Waals surface area contributed by atoms with Crippen LogP contribution in [-0.4, -0.2) is 26.6 Å². The van der Waals surface area contributed by atoms with E-state index in [4.69, 9.17) is 11.6 Å². The van der Waals surface area contributed by atoms with E-state index in [9.17, 15) is 4.79 Å². The Balaban J connectivity index is 2.71. The summed E-state index contributed by atoms with van der Waals surface area (Å²) in [5.74, 6) is 0.522. The Morgan fingerprint density at radius 1 is 1.71 bits per heavy atom. The first-order valence-electron chi connectivity index (χ1n) is 4.19. The molecule has 78 valence electrons. The van der Waals surface area contributed by atoms with Crippen molar-refractivity contribution in [2.75, 3.05) is 11.2 Å². The molecule has 1 heterocycles. The lowest BCUT2D eigenvalue weighted by molar-refractivity contribution is -0.123. The van der Waals surface area contributed by atoms with Crippen molar-refractivity contribution in [1.29, 1.82) is 0 Å². The zero-order chi connectivity index (χ0) is 10.8. The number of anilines is 1. The normalized spacial score (nSPS) is 11.4. The summed E-state index contributed by atoms with van der Waals surface area (Å²) in [5.41, 5.74) is -0.604. The van der Waals surface area contributed by atoms with Crippen molar-refractivity contribution in [1.82, 2.24) is 14.8 Å². The molecule has 0 saturated carbocycles. The van der Waals surface area contributed by atoms with Crippen LogP contribution in [0.1, 0.15) is 13.8 Å². The van der Waals surface area contributed by atoms with E-state index < -0.39 is 5.41 Å². The SMILES string of the molecule is Cn1cnnc1NC(=O)C(C)(C)CCl. The average molecular weight is 217 g/mol. The molecular formula is C8H13ClN4O. The molecule has 1 aromatic heterocycles. The van der Waals surface area contributed by atoms with E-state index in [0.717, 1.165) is 0 Å². The van der Waals surface area contributed by atoms with E-state index in [-0.39, 0.29) is 11.8 Å². The molecule has 0 aliphatic heterocycles. The minimum atomic E-state index is -0.604. The Morgan fingerprint density at radius 3 is 2.79 bits per heavy atom. The van der Waals surface area contributed by atoms with E-state index in [2.05, 4.69) is 15.5 Å². The molecule has 0 spiro atoms. The minimum Gasteiger partial charge on any atom is -0.303 e. The quantitative estimate of drug-likeness (QED) is 0.768. The predicted octanol–water partition coefficient (Wildman–Crippen LogP) is 1.02. The summed E-state index contributed by atoms with van der Waals surface area (Å²) in [5, 5.41) is 10.0. The van der Waals surface area contributed by atoms with Crippen molar-refractivity contribution in [3.8, 4) is 0 Å². The molecule has 1 amide bonds. The van der Waals surface area contributed by atoms with Crippen molar-refractivity contribution in [3.63, 3.8) is 0 Å². The zero-order valence-corrected chi connectivity index (χ0v) is 9.17. The summed E-state index contributed by atoms with van der Waals surface area (Å²) in [7, 11) is 1.75. The lowest BCUT2D eigenvalue weighted by Crippen LogP contribution is -2.33. The predicted molar refractivity (Wildman–Crippen MR) is 54.1 cm³/mol. The first kappa shape index (κ1) is 11.0. The van der Waals surface area contributed by atoms with E-state index in [1.54, 1.807) is 25.5 Å². The molecule has 0 radical (unpaired) electrons. The summed E-state index contributed by atoms with van der Waals surface area (Å²) in [6.07, 6.45) is 1.52. The van der Waals surface area contributed by atoms with Gasteiger partial charge in [0, 0.05) is 12.9 Å². The highest BCUT2D eigenvalue weighted by Gasteiger charge is 2.27. The van der Waals surface area contributed by atoms with Crippen LogP contribution in [-0.2, 0) is 11.8 Å². The molecule has 0 aromatic carbocycles. The fraction of sp³-hybridized carbons (Fsp3) is 0.625. The number of carbonyl (C=O) groups is 1. The lowest BCUT2D eigenvalue weighted by Gasteiger charge is -2.19. The molecule has 0 atom stereocenters. The van der Waals surface area contributed by atoms with Crippen LogP contribution in [0.5, 0.6) is 0 Å². The largest absolute Gasteiger partial charge is 0.303 e. The molecule has 1 N–H and O–H groups in total.